The third-order valence-corrected chi connectivity index (χ3v) is 5.34. The highest BCUT2D eigenvalue weighted by Crippen LogP contribution is 2.36. The molecule has 4 aromatic rings. The molecule has 0 aliphatic heterocycles. The second-order valence-corrected chi connectivity index (χ2v) is 7.47. The number of anilines is 1. The summed E-state index contributed by atoms with van der Waals surface area (Å²) >= 11 is 7.78. The molecule has 0 fully saturated rings. The molecule has 128 valence electrons. The number of benzene rings is 3. The van der Waals surface area contributed by atoms with Crippen LogP contribution in [0.25, 0.3) is 20.8 Å². The first-order valence-electron chi connectivity index (χ1n) is 8.14. The van der Waals surface area contributed by atoms with E-state index in [-0.39, 0.29) is 5.91 Å². The van der Waals surface area contributed by atoms with Crippen molar-refractivity contribution in [2.75, 3.05) is 5.32 Å². The first-order valence-corrected chi connectivity index (χ1v) is 9.33. The number of thiazole rings is 1. The molecule has 0 aliphatic carbocycles. The summed E-state index contributed by atoms with van der Waals surface area (Å²) in [5.74, 6) is -0.154. The maximum atomic E-state index is 12.6. The predicted molar refractivity (Wildman–Crippen MR) is 109 cm³/mol. The van der Waals surface area contributed by atoms with Crippen molar-refractivity contribution in [3.05, 3.63) is 82.9 Å². The molecule has 0 bridgehead atoms. The molecular formula is C21H15ClN2OS. The number of halogens is 1. The normalized spacial score (nSPS) is 10.8. The number of hydrogen-bond donors (Lipinski definition) is 1. The lowest BCUT2D eigenvalue weighted by Gasteiger charge is -2.10. The number of carbonyl (C=O) groups is 1. The van der Waals surface area contributed by atoms with Crippen molar-refractivity contribution >= 4 is 44.7 Å². The molecular weight excluding hydrogens is 364 g/mol. The Morgan fingerprint density at radius 3 is 2.69 bits per heavy atom. The third kappa shape index (κ3) is 3.34. The predicted octanol–water partition coefficient (Wildman–Crippen LogP) is 6.18. The second kappa shape index (κ2) is 6.90. The summed E-state index contributed by atoms with van der Waals surface area (Å²) in [5.41, 5.74) is 4.11. The Bertz CT molecular complexity index is 1090. The van der Waals surface area contributed by atoms with Gasteiger partial charge < -0.3 is 5.32 Å². The zero-order chi connectivity index (χ0) is 18.1. The van der Waals surface area contributed by atoms with Crippen LogP contribution in [0.5, 0.6) is 0 Å². The summed E-state index contributed by atoms with van der Waals surface area (Å²) in [4.78, 5) is 17.3. The van der Waals surface area contributed by atoms with Gasteiger partial charge in [-0.2, -0.15) is 0 Å². The van der Waals surface area contributed by atoms with Crippen molar-refractivity contribution in [3.63, 3.8) is 0 Å². The van der Waals surface area contributed by atoms with Gasteiger partial charge in [0.25, 0.3) is 5.91 Å². The van der Waals surface area contributed by atoms with Crippen LogP contribution in [0.2, 0.25) is 5.02 Å². The SMILES string of the molecule is Cc1cccc(C(=O)Nc2ccc(Cl)cc2-c2nc3ccccc3s2)c1. The summed E-state index contributed by atoms with van der Waals surface area (Å²) in [7, 11) is 0. The molecule has 1 aromatic heterocycles. The summed E-state index contributed by atoms with van der Waals surface area (Å²) in [6.07, 6.45) is 0. The number of amides is 1. The summed E-state index contributed by atoms with van der Waals surface area (Å²) in [5, 5.41) is 4.42. The number of aryl methyl sites for hydroxylation is 1. The van der Waals surface area contributed by atoms with E-state index < -0.39 is 0 Å². The van der Waals surface area contributed by atoms with Crippen molar-refractivity contribution < 1.29 is 4.79 Å². The summed E-state index contributed by atoms with van der Waals surface area (Å²) in [6, 6.07) is 20.9. The van der Waals surface area contributed by atoms with Crippen LogP contribution in [-0.4, -0.2) is 10.9 Å². The number of para-hydroxylation sites is 1. The molecule has 0 atom stereocenters. The van der Waals surface area contributed by atoms with Crippen LogP contribution in [-0.2, 0) is 0 Å². The van der Waals surface area contributed by atoms with Crippen LogP contribution < -0.4 is 5.32 Å². The van der Waals surface area contributed by atoms with E-state index >= 15 is 0 Å². The average molecular weight is 379 g/mol. The second-order valence-electron chi connectivity index (χ2n) is 6.00. The fraction of sp³-hybridized carbons (Fsp3) is 0.0476. The lowest BCUT2D eigenvalue weighted by Crippen LogP contribution is -2.12. The van der Waals surface area contributed by atoms with Crippen LogP contribution >= 0.6 is 22.9 Å². The molecule has 3 aromatic carbocycles. The van der Waals surface area contributed by atoms with Crippen LogP contribution in [0.15, 0.2) is 66.7 Å². The quantitative estimate of drug-likeness (QED) is 0.462. The lowest BCUT2D eigenvalue weighted by atomic mass is 10.1. The maximum absolute atomic E-state index is 12.6. The van der Waals surface area contributed by atoms with E-state index in [4.69, 9.17) is 11.6 Å². The Labute approximate surface area is 160 Å². The monoisotopic (exact) mass is 378 g/mol. The van der Waals surface area contributed by atoms with Crippen molar-refractivity contribution in [1.82, 2.24) is 4.98 Å². The van der Waals surface area contributed by atoms with Gasteiger partial charge in [0.2, 0.25) is 0 Å². The zero-order valence-electron chi connectivity index (χ0n) is 14.0. The molecule has 5 heteroatoms. The van der Waals surface area contributed by atoms with Gasteiger partial charge in [0.15, 0.2) is 0 Å². The first-order chi connectivity index (χ1) is 12.6. The highest BCUT2D eigenvalue weighted by Gasteiger charge is 2.14. The molecule has 0 spiro atoms. The third-order valence-electron chi connectivity index (χ3n) is 4.03. The molecule has 1 heterocycles. The number of carbonyl (C=O) groups excluding carboxylic acids is 1. The minimum atomic E-state index is -0.154. The lowest BCUT2D eigenvalue weighted by molar-refractivity contribution is 0.102. The Morgan fingerprint density at radius 2 is 1.88 bits per heavy atom. The van der Waals surface area contributed by atoms with Crippen LogP contribution in [0, 0.1) is 6.92 Å². The van der Waals surface area contributed by atoms with Gasteiger partial charge in [-0.25, -0.2) is 4.98 Å². The Morgan fingerprint density at radius 1 is 1.04 bits per heavy atom. The van der Waals surface area contributed by atoms with Crippen molar-refractivity contribution in [1.29, 1.82) is 0 Å². The number of fused-ring (bicyclic) bond motifs is 1. The van der Waals surface area contributed by atoms with Gasteiger partial charge in [-0.3, -0.25) is 4.79 Å². The summed E-state index contributed by atoms with van der Waals surface area (Å²) in [6.45, 7) is 1.96. The molecule has 3 nitrogen and oxygen atoms in total. The number of rotatable bonds is 3. The van der Waals surface area contributed by atoms with Crippen LogP contribution in [0.1, 0.15) is 15.9 Å². The highest BCUT2D eigenvalue weighted by molar-refractivity contribution is 7.21. The van der Waals surface area contributed by atoms with E-state index in [2.05, 4.69) is 10.3 Å². The maximum Gasteiger partial charge on any atom is 0.255 e. The van der Waals surface area contributed by atoms with E-state index in [1.165, 1.54) is 0 Å². The molecule has 26 heavy (non-hydrogen) atoms. The Hall–Kier alpha value is -2.69. The van der Waals surface area contributed by atoms with E-state index in [1.807, 2.05) is 61.5 Å². The average Bonchev–Trinajstić information content (AvgIpc) is 3.07. The highest BCUT2D eigenvalue weighted by atomic mass is 35.5. The molecule has 0 unspecified atom stereocenters. The van der Waals surface area contributed by atoms with Crippen molar-refractivity contribution in [2.45, 2.75) is 6.92 Å². The largest absolute Gasteiger partial charge is 0.321 e. The van der Waals surface area contributed by atoms with Gasteiger partial charge in [-0.15, -0.1) is 11.3 Å². The molecule has 0 saturated carbocycles. The molecule has 0 saturated heterocycles. The Kier molecular flexibility index (Phi) is 4.45. The van der Waals surface area contributed by atoms with Gasteiger partial charge in [0, 0.05) is 16.1 Å². The van der Waals surface area contributed by atoms with Crippen molar-refractivity contribution in [3.8, 4) is 10.6 Å². The van der Waals surface area contributed by atoms with E-state index in [0.717, 1.165) is 26.4 Å². The molecule has 4 rings (SSSR count). The number of hydrogen-bond acceptors (Lipinski definition) is 3. The van der Waals surface area contributed by atoms with Gasteiger partial charge >= 0.3 is 0 Å². The molecule has 1 N–H and O–H groups in total. The number of nitrogens with one attached hydrogen (secondary N) is 1. The molecule has 0 aliphatic rings. The smallest absolute Gasteiger partial charge is 0.255 e. The fourth-order valence-corrected chi connectivity index (χ4v) is 3.94. The van der Waals surface area contributed by atoms with Gasteiger partial charge in [0.05, 0.1) is 15.9 Å². The molecule has 0 radical (unpaired) electrons. The summed E-state index contributed by atoms with van der Waals surface area (Å²) < 4.78 is 1.10. The molecule has 1 amide bonds. The van der Waals surface area contributed by atoms with E-state index in [0.29, 0.717) is 16.3 Å². The fourth-order valence-electron chi connectivity index (χ4n) is 2.77. The number of nitrogens with zero attached hydrogens (tertiary/aromatic N) is 1. The van der Waals surface area contributed by atoms with Crippen molar-refractivity contribution in [2.24, 2.45) is 0 Å². The first kappa shape index (κ1) is 16.8. The zero-order valence-corrected chi connectivity index (χ0v) is 15.6. The Balaban J connectivity index is 1.74. The van der Waals surface area contributed by atoms with Gasteiger partial charge in [-0.1, -0.05) is 41.4 Å². The van der Waals surface area contributed by atoms with E-state index in [1.54, 1.807) is 23.5 Å². The van der Waals surface area contributed by atoms with Gasteiger partial charge in [0.1, 0.15) is 5.01 Å². The minimum Gasteiger partial charge on any atom is -0.321 e. The number of aromatic nitrogens is 1. The minimum absolute atomic E-state index is 0.154. The topological polar surface area (TPSA) is 42.0 Å². The van der Waals surface area contributed by atoms with Crippen LogP contribution in [0.3, 0.4) is 0 Å². The van der Waals surface area contributed by atoms with Gasteiger partial charge in [-0.05, 0) is 49.4 Å². The standard InChI is InChI=1S/C21H15ClN2OS/c1-13-5-4-6-14(11-13)20(25)23-17-10-9-15(22)12-16(17)21-24-18-7-2-3-8-19(18)26-21/h2-12H,1H3,(H,23,25). The van der Waals surface area contributed by atoms with Crippen LogP contribution in [0.4, 0.5) is 5.69 Å². The van der Waals surface area contributed by atoms with E-state index in [9.17, 15) is 4.79 Å².